The van der Waals surface area contributed by atoms with Crippen molar-refractivity contribution in [3.8, 4) is 11.5 Å². The molecule has 3 rings (SSSR count). The number of benzene rings is 2. The normalized spacial score (nSPS) is 15.0. The molecule has 0 bridgehead atoms. The molecule has 2 aromatic carbocycles. The maximum atomic E-state index is 13.3. The third-order valence-electron chi connectivity index (χ3n) is 4.27. The van der Waals surface area contributed by atoms with Crippen molar-refractivity contribution in [3.05, 3.63) is 65.1 Å². The smallest absolute Gasteiger partial charge is 0.276 e. The van der Waals surface area contributed by atoms with Crippen molar-refractivity contribution < 1.29 is 18.7 Å². The fraction of sp³-hybridized carbons (Fsp3) is 0.273. The van der Waals surface area contributed by atoms with Gasteiger partial charge in [0.05, 0.1) is 6.61 Å². The molecule has 1 fully saturated rings. The van der Waals surface area contributed by atoms with Gasteiger partial charge in [0.1, 0.15) is 18.1 Å². The molecule has 1 N–H and O–H groups in total. The second-order valence-corrected chi connectivity index (χ2v) is 6.89. The Morgan fingerprint density at radius 2 is 1.97 bits per heavy atom. The average molecular weight is 415 g/mol. The van der Waals surface area contributed by atoms with E-state index in [4.69, 9.17) is 21.7 Å². The van der Waals surface area contributed by atoms with Crippen molar-refractivity contribution >= 4 is 29.3 Å². The number of ether oxygens (including phenoxy) is 2. The summed E-state index contributed by atoms with van der Waals surface area (Å²) >= 11 is 5.24. The molecular formula is C22H23FN2O3S. The molecular weight excluding hydrogens is 391 g/mol. The highest BCUT2D eigenvalue weighted by Crippen LogP contribution is 2.30. The van der Waals surface area contributed by atoms with Crippen LogP contribution >= 0.6 is 12.2 Å². The second-order valence-electron chi connectivity index (χ2n) is 6.50. The Morgan fingerprint density at radius 1 is 1.14 bits per heavy atom. The number of nitrogens with zero attached hydrogens (tertiary/aromatic N) is 1. The van der Waals surface area contributed by atoms with E-state index in [0.29, 0.717) is 35.5 Å². The topological polar surface area (TPSA) is 50.8 Å². The van der Waals surface area contributed by atoms with Crippen LogP contribution in [-0.4, -0.2) is 29.1 Å². The van der Waals surface area contributed by atoms with Crippen molar-refractivity contribution in [2.75, 3.05) is 13.2 Å². The highest BCUT2D eigenvalue weighted by Gasteiger charge is 2.29. The molecule has 0 radical (unpaired) electrons. The summed E-state index contributed by atoms with van der Waals surface area (Å²) in [5.74, 6) is 0.659. The van der Waals surface area contributed by atoms with Crippen LogP contribution in [0.3, 0.4) is 0 Å². The molecule has 1 aliphatic heterocycles. The SMILES string of the molecule is CCCN1C(=O)C(=Cc2ccc(OCc3cccc(F)c3)c(OCC)c2)NC1=S. The average Bonchev–Trinajstić information content (AvgIpc) is 2.95. The standard InChI is InChI=1S/C22H23FN2O3S/c1-3-10-25-21(26)18(24-22(25)29)12-15-8-9-19(20(13-15)27-4-2)28-14-16-6-5-7-17(23)11-16/h5-9,11-13H,3-4,10,14H2,1-2H3,(H,24,29). The molecule has 0 atom stereocenters. The Kier molecular flexibility index (Phi) is 6.82. The first-order valence-corrected chi connectivity index (χ1v) is 9.91. The molecule has 0 saturated carbocycles. The monoisotopic (exact) mass is 414 g/mol. The van der Waals surface area contributed by atoms with Gasteiger partial charge in [0.2, 0.25) is 0 Å². The number of nitrogens with one attached hydrogen (secondary N) is 1. The lowest BCUT2D eigenvalue weighted by molar-refractivity contribution is -0.122. The quantitative estimate of drug-likeness (QED) is 0.516. The molecule has 2 aromatic rings. The van der Waals surface area contributed by atoms with Crippen LogP contribution in [0.1, 0.15) is 31.4 Å². The van der Waals surface area contributed by atoms with Gasteiger partial charge in [-0.2, -0.15) is 0 Å². The first kappa shape index (κ1) is 20.8. The van der Waals surface area contributed by atoms with Crippen LogP contribution in [0.25, 0.3) is 6.08 Å². The van der Waals surface area contributed by atoms with E-state index in [0.717, 1.165) is 17.5 Å². The molecule has 1 heterocycles. The van der Waals surface area contributed by atoms with Crippen LogP contribution in [0.4, 0.5) is 4.39 Å². The predicted octanol–water partition coefficient (Wildman–Crippen LogP) is 4.27. The Labute approximate surface area is 175 Å². The van der Waals surface area contributed by atoms with Gasteiger partial charge < -0.3 is 14.8 Å². The van der Waals surface area contributed by atoms with Gasteiger partial charge in [0.25, 0.3) is 5.91 Å². The molecule has 5 nitrogen and oxygen atoms in total. The Morgan fingerprint density at radius 3 is 2.69 bits per heavy atom. The molecule has 29 heavy (non-hydrogen) atoms. The maximum Gasteiger partial charge on any atom is 0.276 e. The van der Waals surface area contributed by atoms with Crippen molar-refractivity contribution in [2.45, 2.75) is 26.9 Å². The van der Waals surface area contributed by atoms with Crippen molar-refractivity contribution in [3.63, 3.8) is 0 Å². The third kappa shape index (κ3) is 5.12. The number of rotatable bonds is 8. The zero-order valence-corrected chi connectivity index (χ0v) is 17.2. The second kappa shape index (κ2) is 9.52. The van der Waals surface area contributed by atoms with Crippen molar-refractivity contribution in [1.82, 2.24) is 10.2 Å². The summed E-state index contributed by atoms with van der Waals surface area (Å²) in [5, 5.41) is 3.39. The van der Waals surface area contributed by atoms with Crippen molar-refractivity contribution in [1.29, 1.82) is 0 Å². The molecule has 1 amide bonds. The lowest BCUT2D eigenvalue weighted by Gasteiger charge is -2.13. The molecule has 0 aromatic heterocycles. The molecule has 0 aliphatic carbocycles. The number of halogens is 1. The summed E-state index contributed by atoms with van der Waals surface area (Å²) in [5.41, 5.74) is 1.94. The van der Waals surface area contributed by atoms with E-state index in [-0.39, 0.29) is 18.3 Å². The Bertz CT molecular complexity index is 945. The fourth-order valence-electron chi connectivity index (χ4n) is 2.95. The van der Waals surface area contributed by atoms with Gasteiger partial charge in [-0.3, -0.25) is 9.69 Å². The summed E-state index contributed by atoms with van der Waals surface area (Å²) < 4.78 is 24.9. The van der Waals surface area contributed by atoms with E-state index in [1.807, 2.05) is 19.9 Å². The molecule has 0 unspecified atom stereocenters. The van der Waals surface area contributed by atoms with Crippen LogP contribution in [0.15, 0.2) is 48.2 Å². The number of carbonyl (C=O) groups excluding carboxylic acids is 1. The minimum atomic E-state index is -0.304. The van der Waals surface area contributed by atoms with Crippen LogP contribution in [-0.2, 0) is 11.4 Å². The van der Waals surface area contributed by atoms with Crippen molar-refractivity contribution in [2.24, 2.45) is 0 Å². The van der Waals surface area contributed by atoms with Crippen LogP contribution in [0.5, 0.6) is 11.5 Å². The minimum Gasteiger partial charge on any atom is -0.490 e. The summed E-state index contributed by atoms with van der Waals surface area (Å²) in [6, 6.07) is 11.7. The first-order valence-electron chi connectivity index (χ1n) is 9.50. The Balaban J connectivity index is 1.79. The van der Waals surface area contributed by atoms with E-state index < -0.39 is 0 Å². The number of hydrogen-bond donors (Lipinski definition) is 1. The van der Waals surface area contributed by atoms with Crippen LogP contribution < -0.4 is 14.8 Å². The summed E-state index contributed by atoms with van der Waals surface area (Å²) in [6.07, 6.45) is 2.57. The number of hydrogen-bond acceptors (Lipinski definition) is 4. The van der Waals surface area contributed by atoms with Gasteiger partial charge >= 0.3 is 0 Å². The van der Waals surface area contributed by atoms with Gasteiger partial charge in [-0.05, 0) is 67.0 Å². The minimum absolute atomic E-state index is 0.138. The lowest BCUT2D eigenvalue weighted by Crippen LogP contribution is -2.31. The van der Waals surface area contributed by atoms with E-state index in [2.05, 4.69) is 5.32 Å². The highest BCUT2D eigenvalue weighted by atomic mass is 32.1. The predicted molar refractivity (Wildman–Crippen MR) is 114 cm³/mol. The fourth-order valence-corrected chi connectivity index (χ4v) is 3.24. The summed E-state index contributed by atoms with van der Waals surface area (Å²) in [7, 11) is 0. The van der Waals surface area contributed by atoms with Gasteiger partial charge in [-0.15, -0.1) is 0 Å². The Hall–Kier alpha value is -2.93. The molecule has 1 saturated heterocycles. The van der Waals surface area contributed by atoms with E-state index in [1.54, 1.807) is 35.2 Å². The van der Waals surface area contributed by atoms with Crippen LogP contribution in [0.2, 0.25) is 0 Å². The van der Waals surface area contributed by atoms with E-state index in [1.165, 1.54) is 12.1 Å². The van der Waals surface area contributed by atoms with E-state index in [9.17, 15) is 9.18 Å². The largest absolute Gasteiger partial charge is 0.490 e. The molecule has 1 aliphatic rings. The zero-order valence-electron chi connectivity index (χ0n) is 16.4. The van der Waals surface area contributed by atoms with Gasteiger partial charge in [-0.1, -0.05) is 25.1 Å². The number of carbonyl (C=O) groups is 1. The van der Waals surface area contributed by atoms with Gasteiger partial charge in [0, 0.05) is 6.54 Å². The van der Waals surface area contributed by atoms with Gasteiger partial charge in [0.15, 0.2) is 16.6 Å². The maximum absolute atomic E-state index is 13.3. The first-order chi connectivity index (χ1) is 14.0. The lowest BCUT2D eigenvalue weighted by atomic mass is 10.1. The van der Waals surface area contributed by atoms with Crippen LogP contribution in [0, 0.1) is 5.82 Å². The summed E-state index contributed by atoms with van der Waals surface area (Å²) in [6.45, 7) is 5.14. The molecule has 7 heteroatoms. The highest BCUT2D eigenvalue weighted by molar-refractivity contribution is 7.80. The number of thiocarbonyl (C=S) groups is 1. The van der Waals surface area contributed by atoms with Gasteiger partial charge in [-0.25, -0.2) is 4.39 Å². The third-order valence-corrected chi connectivity index (χ3v) is 4.59. The summed E-state index contributed by atoms with van der Waals surface area (Å²) in [4.78, 5) is 14.1. The zero-order chi connectivity index (χ0) is 20.8. The van der Waals surface area contributed by atoms with E-state index >= 15 is 0 Å². The number of amides is 1. The molecule has 152 valence electrons. The molecule has 0 spiro atoms.